The van der Waals surface area contributed by atoms with Crippen LogP contribution in [0, 0.1) is 0 Å². The summed E-state index contributed by atoms with van der Waals surface area (Å²) in [7, 11) is 0. The second kappa shape index (κ2) is 6.74. The molecule has 0 bridgehead atoms. The molecule has 0 saturated heterocycles. The van der Waals surface area contributed by atoms with Crippen LogP contribution in [0.25, 0.3) is 0 Å². The van der Waals surface area contributed by atoms with Crippen molar-refractivity contribution in [2.45, 2.75) is 19.8 Å². The van der Waals surface area contributed by atoms with Gasteiger partial charge in [0.25, 0.3) is 0 Å². The van der Waals surface area contributed by atoms with Crippen LogP contribution in [0.4, 0.5) is 0 Å². The molecule has 0 spiro atoms. The quantitative estimate of drug-likeness (QED) is 0.378. The predicted octanol–water partition coefficient (Wildman–Crippen LogP) is 2.81. The van der Waals surface area contributed by atoms with Gasteiger partial charge in [-0.1, -0.05) is 36.2 Å². The number of hydrogen-bond acceptors (Lipinski definition) is 2. The van der Waals surface area contributed by atoms with Gasteiger partial charge in [0.05, 0.1) is 10.0 Å². The minimum Gasteiger partial charge on any atom is -0.312 e. The Morgan fingerprint density at radius 2 is 2.12 bits per heavy atom. The molecule has 0 heterocycles. The topological polar surface area (TPSA) is 50.4 Å². The van der Waals surface area contributed by atoms with Gasteiger partial charge in [0.2, 0.25) is 0 Å². The molecular weight excluding hydrogens is 245 g/mol. The van der Waals surface area contributed by atoms with Crippen LogP contribution in [-0.2, 0) is 6.42 Å². The van der Waals surface area contributed by atoms with Crippen molar-refractivity contribution in [1.29, 1.82) is 0 Å². The molecule has 3 N–H and O–H groups in total. The van der Waals surface area contributed by atoms with Crippen LogP contribution in [0.15, 0.2) is 23.2 Å². The molecule has 0 aliphatic carbocycles. The molecule has 0 atom stereocenters. The molecular formula is C11H15Cl2N3. The number of hydrogen-bond donors (Lipinski definition) is 2. The van der Waals surface area contributed by atoms with Gasteiger partial charge < -0.3 is 5.43 Å². The van der Waals surface area contributed by atoms with E-state index in [0.717, 1.165) is 24.4 Å². The molecule has 1 rings (SSSR count). The van der Waals surface area contributed by atoms with Gasteiger partial charge in [-0.25, -0.2) is 5.84 Å². The van der Waals surface area contributed by atoms with Crippen LogP contribution < -0.4 is 11.3 Å². The summed E-state index contributed by atoms with van der Waals surface area (Å²) in [5, 5.41) is 1.10. The van der Waals surface area contributed by atoms with E-state index in [-0.39, 0.29) is 0 Å². The number of hydrazine groups is 1. The first-order valence-corrected chi connectivity index (χ1v) is 5.86. The Bertz CT molecular complexity index is 377. The van der Waals surface area contributed by atoms with Crippen LogP contribution in [0.5, 0.6) is 0 Å². The molecule has 0 aromatic heterocycles. The monoisotopic (exact) mass is 259 g/mol. The lowest BCUT2D eigenvalue weighted by molar-refractivity contribution is 0.893. The first-order valence-electron chi connectivity index (χ1n) is 5.11. The molecule has 1 aromatic carbocycles. The minimum atomic E-state index is 0.547. The average molecular weight is 260 g/mol. The molecule has 0 saturated carbocycles. The van der Waals surface area contributed by atoms with Gasteiger partial charge in [0.15, 0.2) is 0 Å². The lowest BCUT2D eigenvalue weighted by Gasteiger charge is -2.06. The van der Waals surface area contributed by atoms with Crippen molar-refractivity contribution in [2.24, 2.45) is 10.8 Å². The number of aliphatic imine (C=N–C) groups is 1. The molecule has 3 nitrogen and oxygen atoms in total. The van der Waals surface area contributed by atoms with Crippen LogP contribution in [-0.4, -0.2) is 12.4 Å². The lowest BCUT2D eigenvalue weighted by Crippen LogP contribution is -2.32. The molecule has 16 heavy (non-hydrogen) atoms. The van der Waals surface area contributed by atoms with Gasteiger partial charge in [0.1, 0.15) is 5.84 Å². The number of nitrogens with zero attached hydrogens (tertiary/aromatic N) is 1. The van der Waals surface area contributed by atoms with Gasteiger partial charge >= 0.3 is 0 Å². The van der Waals surface area contributed by atoms with E-state index in [1.54, 1.807) is 6.07 Å². The van der Waals surface area contributed by atoms with Crippen molar-refractivity contribution in [1.82, 2.24) is 5.43 Å². The van der Waals surface area contributed by atoms with Gasteiger partial charge in [-0.15, -0.1) is 0 Å². The highest BCUT2D eigenvalue weighted by Crippen LogP contribution is 2.22. The molecule has 5 heteroatoms. The molecule has 0 radical (unpaired) electrons. The Balaban J connectivity index is 2.74. The number of amidine groups is 1. The third-order valence-electron chi connectivity index (χ3n) is 2.05. The average Bonchev–Trinajstić information content (AvgIpc) is 2.29. The Hall–Kier alpha value is -0.770. The number of nitrogens with two attached hydrogens (primary N) is 1. The fourth-order valence-electron chi connectivity index (χ4n) is 1.24. The number of halogens is 2. The highest BCUT2D eigenvalue weighted by Gasteiger charge is 2.02. The molecule has 0 aliphatic heterocycles. The molecule has 88 valence electrons. The highest BCUT2D eigenvalue weighted by molar-refractivity contribution is 6.42. The molecule has 0 amide bonds. The maximum absolute atomic E-state index is 5.92. The minimum absolute atomic E-state index is 0.547. The number of benzene rings is 1. The summed E-state index contributed by atoms with van der Waals surface area (Å²) in [6.07, 6.45) is 1.62. The van der Waals surface area contributed by atoms with Crippen LogP contribution in [0.2, 0.25) is 10.0 Å². The zero-order valence-electron chi connectivity index (χ0n) is 9.13. The Kier molecular flexibility index (Phi) is 5.60. The maximum Gasteiger partial charge on any atom is 0.115 e. The smallest absolute Gasteiger partial charge is 0.115 e. The van der Waals surface area contributed by atoms with Gasteiger partial charge in [-0.3, -0.25) is 4.99 Å². The SMILES string of the molecule is CCCN=C(Cc1ccc(Cl)c(Cl)c1)NN. The Labute approximate surface area is 106 Å². The Morgan fingerprint density at radius 1 is 1.38 bits per heavy atom. The Morgan fingerprint density at radius 3 is 2.69 bits per heavy atom. The van der Waals surface area contributed by atoms with E-state index < -0.39 is 0 Å². The summed E-state index contributed by atoms with van der Waals surface area (Å²) >= 11 is 11.8. The van der Waals surface area contributed by atoms with E-state index in [1.807, 2.05) is 12.1 Å². The van der Waals surface area contributed by atoms with E-state index >= 15 is 0 Å². The van der Waals surface area contributed by atoms with Crippen molar-refractivity contribution >= 4 is 29.0 Å². The third-order valence-corrected chi connectivity index (χ3v) is 2.79. The first kappa shape index (κ1) is 13.3. The molecule has 0 aliphatic rings. The van der Waals surface area contributed by atoms with E-state index in [2.05, 4.69) is 17.3 Å². The van der Waals surface area contributed by atoms with Crippen molar-refractivity contribution in [3.05, 3.63) is 33.8 Å². The van der Waals surface area contributed by atoms with E-state index in [0.29, 0.717) is 16.5 Å². The summed E-state index contributed by atoms with van der Waals surface area (Å²) in [5.74, 6) is 6.14. The summed E-state index contributed by atoms with van der Waals surface area (Å²) in [4.78, 5) is 4.31. The highest BCUT2D eigenvalue weighted by atomic mass is 35.5. The molecule has 0 fully saturated rings. The standard InChI is InChI=1S/C11H15Cl2N3/c1-2-5-15-11(16-14)7-8-3-4-9(12)10(13)6-8/h3-4,6H,2,5,7,14H2,1H3,(H,15,16). The number of nitrogens with one attached hydrogen (secondary N) is 1. The van der Waals surface area contributed by atoms with Gasteiger partial charge in [0, 0.05) is 13.0 Å². The summed E-state index contributed by atoms with van der Waals surface area (Å²) < 4.78 is 0. The van der Waals surface area contributed by atoms with Crippen molar-refractivity contribution in [2.75, 3.05) is 6.54 Å². The van der Waals surface area contributed by atoms with E-state index in [4.69, 9.17) is 29.0 Å². The summed E-state index contributed by atoms with van der Waals surface area (Å²) in [6, 6.07) is 5.50. The van der Waals surface area contributed by atoms with Crippen LogP contribution in [0.1, 0.15) is 18.9 Å². The second-order valence-electron chi connectivity index (χ2n) is 3.40. The zero-order valence-corrected chi connectivity index (χ0v) is 10.6. The summed E-state index contributed by atoms with van der Waals surface area (Å²) in [6.45, 7) is 2.83. The van der Waals surface area contributed by atoms with Crippen molar-refractivity contribution in [3.63, 3.8) is 0 Å². The molecule has 0 unspecified atom stereocenters. The van der Waals surface area contributed by atoms with Gasteiger partial charge in [-0.05, 0) is 24.1 Å². The van der Waals surface area contributed by atoms with Crippen LogP contribution in [0.3, 0.4) is 0 Å². The second-order valence-corrected chi connectivity index (χ2v) is 4.21. The van der Waals surface area contributed by atoms with Crippen molar-refractivity contribution < 1.29 is 0 Å². The van der Waals surface area contributed by atoms with E-state index in [1.165, 1.54) is 0 Å². The predicted molar refractivity (Wildman–Crippen MR) is 70.1 cm³/mol. The van der Waals surface area contributed by atoms with E-state index in [9.17, 15) is 0 Å². The normalized spacial score (nSPS) is 11.6. The lowest BCUT2D eigenvalue weighted by atomic mass is 10.1. The molecule has 1 aromatic rings. The van der Waals surface area contributed by atoms with Crippen molar-refractivity contribution in [3.8, 4) is 0 Å². The van der Waals surface area contributed by atoms with Gasteiger partial charge in [-0.2, -0.15) is 0 Å². The fraction of sp³-hybridized carbons (Fsp3) is 0.364. The first-order chi connectivity index (χ1) is 7.67. The number of rotatable bonds is 4. The summed E-state index contributed by atoms with van der Waals surface area (Å²) in [5.41, 5.74) is 3.62. The maximum atomic E-state index is 5.92. The third kappa shape index (κ3) is 4.00. The largest absolute Gasteiger partial charge is 0.312 e. The van der Waals surface area contributed by atoms with Crippen LogP contribution >= 0.6 is 23.2 Å². The fourth-order valence-corrected chi connectivity index (χ4v) is 1.56. The zero-order chi connectivity index (χ0) is 12.0.